The Morgan fingerprint density at radius 2 is 1.53 bits per heavy atom. The lowest BCUT2D eigenvalue weighted by atomic mass is 10.1. The second kappa shape index (κ2) is 13.0. The van der Waals surface area contributed by atoms with Crippen molar-refractivity contribution in [1.82, 2.24) is 9.80 Å². The fourth-order valence-corrected chi connectivity index (χ4v) is 4.47. The first-order valence-corrected chi connectivity index (χ1v) is 13.0. The van der Waals surface area contributed by atoms with Crippen molar-refractivity contribution in [1.29, 1.82) is 0 Å². The molecule has 0 atom stereocenters. The standard InChI is InChI=1S/C27H43N3O4/c1-27(2,3)34-26(32)30-19-17-29(18-20-30)25(31)28-23-15-13-22(14-16-23)10-6-4-5-9-21-33-24-11-7-8-12-24/h13-16,24H,4-12,17-21H2,1-3H3,(H,28,31). The molecule has 34 heavy (non-hydrogen) atoms. The number of hydrogen-bond acceptors (Lipinski definition) is 4. The molecule has 1 heterocycles. The van der Waals surface area contributed by atoms with Crippen molar-refractivity contribution in [2.45, 2.75) is 90.3 Å². The molecule has 1 N–H and O–H groups in total. The molecule has 0 bridgehead atoms. The normalized spacial score (nSPS) is 17.1. The fourth-order valence-electron chi connectivity index (χ4n) is 4.47. The summed E-state index contributed by atoms with van der Waals surface area (Å²) in [7, 11) is 0. The van der Waals surface area contributed by atoms with Crippen LogP contribution in [0.1, 0.15) is 77.7 Å². The van der Waals surface area contributed by atoms with Gasteiger partial charge in [-0.2, -0.15) is 0 Å². The van der Waals surface area contributed by atoms with Crippen LogP contribution in [0.15, 0.2) is 24.3 Å². The van der Waals surface area contributed by atoms with Crippen molar-refractivity contribution in [3.8, 4) is 0 Å². The molecule has 0 spiro atoms. The Bertz CT molecular complexity index is 761. The molecule has 1 saturated heterocycles. The van der Waals surface area contributed by atoms with Gasteiger partial charge in [-0.15, -0.1) is 0 Å². The number of benzene rings is 1. The summed E-state index contributed by atoms with van der Waals surface area (Å²) in [5.74, 6) is 0. The number of carbonyl (C=O) groups excluding carboxylic acids is 2. The SMILES string of the molecule is CC(C)(C)OC(=O)N1CCN(C(=O)Nc2ccc(CCCCCCOC3CCCC3)cc2)CC1. The van der Waals surface area contributed by atoms with Crippen LogP contribution in [0.4, 0.5) is 15.3 Å². The number of ether oxygens (including phenoxy) is 2. The minimum atomic E-state index is -0.513. The van der Waals surface area contributed by atoms with Gasteiger partial charge < -0.3 is 24.6 Å². The van der Waals surface area contributed by atoms with Crippen LogP contribution in [0.5, 0.6) is 0 Å². The zero-order valence-corrected chi connectivity index (χ0v) is 21.3. The highest BCUT2D eigenvalue weighted by Crippen LogP contribution is 2.21. The summed E-state index contributed by atoms with van der Waals surface area (Å²) in [4.78, 5) is 28.2. The van der Waals surface area contributed by atoms with Gasteiger partial charge in [0, 0.05) is 38.5 Å². The second-order valence-electron chi connectivity index (χ2n) is 10.5. The van der Waals surface area contributed by atoms with Crippen LogP contribution in [-0.2, 0) is 15.9 Å². The smallest absolute Gasteiger partial charge is 0.410 e. The first-order chi connectivity index (χ1) is 16.3. The minimum absolute atomic E-state index is 0.128. The largest absolute Gasteiger partial charge is 0.444 e. The van der Waals surface area contributed by atoms with Gasteiger partial charge in [0.2, 0.25) is 0 Å². The Labute approximate surface area is 205 Å². The third-order valence-corrected chi connectivity index (χ3v) is 6.44. The lowest BCUT2D eigenvalue weighted by Gasteiger charge is -2.35. The molecule has 3 rings (SSSR count). The molecule has 0 unspecified atom stereocenters. The maximum Gasteiger partial charge on any atom is 0.410 e. The van der Waals surface area contributed by atoms with Crippen LogP contribution in [0.2, 0.25) is 0 Å². The van der Waals surface area contributed by atoms with E-state index < -0.39 is 5.60 Å². The van der Waals surface area contributed by atoms with E-state index in [9.17, 15) is 9.59 Å². The number of unbranched alkanes of at least 4 members (excludes halogenated alkanes) is 3. The Hall–Kier alpha value is -2.28. The highest BCUT2D eigenvalue weighted by molar-refractivity contribution is 5.89. The van der Waals surface area contributed by atoms with E-state index >= 15 is 0 Å². The van der Waals surface area contributed by atoms with Gasteiger partial charge in [-0.25, -0.2) is 9.59 Å². The van der Waals surface area contributed by atoms with Gasteiger partial charge in [0.1, 0.15) is 5.60 Å². The quantitative estimate of drug-likeness (QED) is 0.458. The van der Waals surface area contributed by atoms with Crippen LogP contribution in [0.25, 0.3) is 0 Å². The van der Waals surface area contributed by atoms with Crippen LogP contribution < -0.4 is 5.32 Å². The van der Waals surface area contributed by atoms with Crippen LogP contribution >= 0.6 is 0 Å². The molecule has 7 heteroatoms. The second-order valence-corrected chi connectivity index (χ2v) is 10.5. The summed E-state index contributed by atoms with van der Waals surface area (Å²) in [5, 5.41) is 2.97. The van der Waals surface area contributed by atoms with E-state index in [0.717, 1.165) is 25.1 Å². The Kier molecular flexibility index (Phi) is 10.1. The van der Waals surface area contributed by atoms with Crippen LogP contribution in [0, 0.1) is 0 Å². The van der Waals surface area contributed by atoms with Gasteiger partial charge in [-0.3, -0.25) is 0 Å². The number of urea groups is 1. The van der Waals surface area contributed by atoms with E-state index in [1.54, 1.807) is 9.80 Å². The third-order valence-electron chi connectivity index (χ3n) is 6.44. The molecule has 0 radical (unpaired) electrons. The highest BCUT2D eigenvalue weighted by atomic mass is 16.6. The van der Waals surface area contributed by atoms with E-state index in [1.807, 2.05) is 32.9 Å². The van der Waals surface area contributed by atoms with Gasteiger partial charge >= 0.3 is 12.1 Å². The zero-order valence-electron chi connectivity index (χ0n) is 21.3. The molecule has 190 valence electrons. The number of hydrogen-bond donors (Lipinski definition) is 1. The number of aryl methyl sites for hydroxylation is 1. The molecule has 2 aliphatic rings. The predicted octanol–water partition coefficient (Wildman–Crippen LogP) is 5.83. The van der Waals surface area contributed by atoms with E-state index in [0.29, 0.717) is 32.3 Å². The van der Waals surface area contributed by atoms with Gasteiger partial charge in [0.05, 0.1) is 6.10 Å². The summed E-state index contributed by atoms with van der Waals surface area (Å²) >= 11 is 0. The topological polar surface area (TPSA) is 71.1 Å². The van der Waals surface area contributed by atoms with Crippen molar-refractivity contribution < 1.29 is 19.1 Å². The number of nitrogens with zero attached hydrogens (tertiary/aromatic N) is 2. The van der Waals surface area contributed by atoms with E-state index in [1.165, 1.54) is 50.5 Å². The maximum absolute atomic E-state index is 12.6. The van der Waals surface area contributed by atoms with E-state index in [4.69, 9.17) is 9.47 Å². The molecule has 1 saturated carbocycles. The summed E-state index contributed by atoms with van der Waals surface area (Å²) in [6.45, 7) is 8.43. The molecule has 0 aromatic heterocycles. The van der Waals surface area contributed by atoms with Crippen molar-refractivity contribution in [2.24, 2.45) is 0 Å². The number of nitrogens with one attached hydrogen (secondary N) is 1. The maximum atomic E-state index is 12.6. The molecule has 1 aliphatic heterocycles. The molecule has 1 aromatic carbocycles. The average molecular weight is 474 g/mol. The van der Waals surface area contributed by atoms with Crippen molar-refractivity contribution in [3.63, 3.8) is 0 Å². The van der Waals surface area contributed by atoms with Gasteiger partial charge in [0.25, 0.3) is 0 Å². The van der Waals surface area contributed by atoms with Crippen molar-refractivity contribution in [3.05, 3.63) is 29.8 Å². The number of amides is 3. The molecule has 2 fully saturated rings. The molecular weight excluding hydrogens is 430 g/mol. The molecule has 1 aliphatic carbocycles. The first-order valence-electron chi connectivity index (χ1n) is 13.0. The fraction of sp³-hybridized carbons (Fsp3) is 0.704. The predicted molar refractivity (Wildman–Crippen MR) is 135 cm³/mol. The Morgan fingerprint density at radius 3 is 2.18 bits per heavy atom. The third kappa shape index (κ3) is 9.16. The number of piperazine rings is 1. The number of anilines is 1. The van der Waals surface area contributed by atoms with Crippen LogP contribution in [-0.4, -0.2) is 66.4 Å². The summed E-state index contributed by atoms with van der Waals surface area (Å²) in [5.41, 5.74) is 1.58. The Balaban J connectivity index is 1.28. The summed E-state index contributed by atoms with van der Waals surface area (Å²) in [6, 6.07) is 8.01. The average Bonchev–Trinajstić information content (AvgIpc) is 3.32. The monoisotopic (exact) mass is 473 g/mol. The van der Waals surface area contributed by atoms with Crippen molar-refractivity contribution in [2.75, 3.05) is 38.1 Å². The van der Waals surface area contributed by atoms with E-state index in [2.05, 4.69) is 17.4 Å². The molecule has 1 aromatic rings. The van der Waals surface area contributed by atoms with Gasteiger partial charge in [-0.05, 0) is 70.6 Å². The summed E-state index contributed by atoms with van der Waals surface area (Å²) < 4.78 is 11.3. The molecule has 7 nitrogen and oxygen atoms in total. The number of carbonyl (C=O) groups is 2. The lowest BCUT2D eigenvalue weighted by molar-refractivity contribution is 0.0174. The van der Waals surface area contributed by atoms with Crippen LogP contribution in [0.3, 0.4) is 0 Å². The van der Waals surface area contributed by atoms with Gasteiger partial charge in [0.15, 0.2) is 0 Å². The first kappa shape index (κ1) is 26.3. The Morgan fingerprint density at radius 1 is 0.912 bits per heavy atom. The number of rotatable bonds is 9. The minimum Gasteiger partial charge on any atom is -0.444 e. The molecular formula is C27H43N3O4. The van der Waals surface area contributed by atoms with Gasteiger partial charge in [-0.1, -0.05) is 37.8 Å². The highest BCUT2D eigenvalue weighted by Gasteiger charge is 2.27. The van der Waals surface area contributed by atoms with Crippen molar-refractivity contribution >= 4 is 17.8 Å². The zero-order chi connectivity index (χ0) is 24.4. The lowest BCUT2D eigenvalue weighted by Crippen LogP contribution is -2.52. The molecule has 3 amide bonds. The van der Waals surface area contributed by atoms with E-state index in [-0.39, 0.29) is 12.1 Å². The summed E-state index contributed by atoms with van der Waals surface area (Å²) in [6.07, 6.45) is 11.2.